The predicted octanol–water partition coefficient (Wildman–Crippen LogP) is 4.78. The van der Waals surface area contributed by atoms with Crippen LogP contribution in [-0.4, -0.2) is 4.92 Å². The van der Waals surface area contributed by atoms with Gasteiger partial charge in [-0.25, -0.2) is 0 Å². The molecule has 2 aromatic rings. The molecule has 0 atom stereocenters. The maximum absolute atomic E-state index is 10.8. The maximum Gasteiger partial charge on any atom is 0.274 e. The molecule has 2 aromatic carbocycles. The molecule has 0 saturated carbocycles. The molecule has 0 spiro atoms. The SMILES string of the molecule is N#Cc1cc(Br)cc(Oc2cc(Br)cc([N+](=O)[O-])c2)c1. The maximum atomic E-state index is 10.8. The van der Waals surface area contributed by atoms with Gasteiger partial charge >= 0.3 is 0 Å². The topological polar surface area (TPSA) is 76.2 Å². The summed E-state index contributed by atoms with van der Waals surface area (Å²) in [7, 11) is 0. The van der Waals surface area contributed by atoms with E-state index in [1.807, 2.05) is 6.07 Å². The molecule has 5 nitrogen and oxygen atoms in total. The Morgan fingerprint density at radius 2 is 1.65 bits per heavy atom. The van der Waals surface area contributed by atoms with E-state index in [9.17, 15) is 10.1 Å². The smallest absolute Gasteiger partial charge is 0.274 e. The van der Waals surface area contributed by atoms with Crippen molar-refractivity contribution in [3.05, 3.63) is 61.0 Å². The van der Waals surface area contributed by atoms with Crippen LogP contribution in [0.3, 0.4) is 0 Å². The Hall–Kier alpha value is -1.91. The van der Waals surface area contributed by atoms with Gasteiger partial charge in [0, 0.05) is 15.0 Å². The second-order valence-corrected chi connectivity index (χ2v) is 5.62. The highest BCUT2D eigenvalue weighted by Crippen LogP contribution is 2.31. The first-order valence-electron chi connectivity index (χ1n) is 5.31. The number of nitrogens with zero attached hydrogens (tertiary/aromatic N) is 2. The van der Waals surface area contributed by atoms with E-state index in [0.29, 0.717) is 26.0 Å². The van der Waals surface area contributed by atoms with E-state index >= 15 is 0 Å². The molecule has 0 heterocycles. The molecule has 0 saturated heterocycles. The number of non-ortho nitro benzene ring substituents is 1. The molecular formula is C13H6Br2N2O3. The van der Waals surface area contributed by atoms with Crippen molar-refractivity contribution in [2.45, 2.75) is 0 Å². The Kier molecular flexibility index (Phi) is 4.37. The van der Waals surface area contributed by atoms with Gasteiger partial charge < -0.3 is 4.74 Å². The summed E-state index contributed by atoms with van der Waals surface area (Å²) < 4.78 is 6.79. The number of hydrogen-bond acceptors (Lipinski definition) is 4. The third kappa shape index (κ3) is 3.56. The highest BCUT2D eigenvalue weighted by molar-refractivity contribution is 9.10. The fourth-order valence-corrected chi connectivity index (χ4v) is 2.47. The van der Waals surface area contributed by atoms with Crippen LogP contribution in [-0.2, 0) is 0 Å². The molecule has 20 heavy (non-hydrogen) atoms. The van der Waals surface area contributed by atoms with Crippen LogP contribution >= 0.6 is 31.9 Å². The van der Waals surface area contributed by atoms with Crippen LogP contribution in [0.25, 0.3) is 0 Å². The van der Waals surface area contributed by atoms with E-state index in [-0.39, 0.29) is 5.69 Å². The van der Waals surface area contributed by atoms with Gasteiger partial charge in [-0.2, -0.15) is 5.26 Å². The number of nitro groups is 1. The fraction of sp³-hybridized carbons (Fsp3) is 0. The molecule has 100 valence electrons. The van der Waals surface area contributed by atoms with Crippen molar-refractivity contribution >= 4 is 37.5 Å². The summed E-state index contributed by atoms with van der Waals surface area (Å²) in [6, 6.07) is 11.2. The summed E-state index contributed by atoms with van der Waals surface area (Å²) in [6.45, 7) is 0. The van der Waals surface area contributed by atoms with Crippen molar-refractivity contribution in [2.24, 2.45) is 0 Å². The van der Waals surface area contributed by atoms with Gasteiger partial charge in [0.15, 0.2) is 0 Å². The van der Waals surface area contributed by atoms with Crippen LogP contribution in [0, 0.1) is 21.4 Å². The second-order valence-electron chi connectivity index (χ2n) is 3.79. The summed E-state index contributed by atoms with van der Waals surface area (Å²) in [5.74, 6) is 0.733. The minimum Gasteiger partial charge on any atom is -0.457 e. The molecular weight excluding hydrogens is 392 g/mol. The Morgan fingerprint density at radius 3 is 2.25 bits per heavy atom. The largest absolute Gasteiger partial charge is 0.457 e. The number of halogens is 2. The average molecular weight is 398 g/mol. The number of nitro benzene ring substituents is 1. The van der Waals surface area contributed by atoms with Crippen molar-refractivity contribution in [3.63, 3.8) is 0 Å². The highest BCUT2D eigenvalue weighted by atomic mass is 79.9. The predicted molar refractivity (Wildman–Crippen MR) is 79.7 cm³/mol. The van der Waals surface area contributed by atoms with Crippen LogP contribution in [0.1, 0.15) is 5.56 Å². The van der Waals surface area contributed by atoms with Crippen molar-refractivity contribution in [2.75, 3.05) is 0 Å². The first kappa shape index (κ1) is 14.5. The van der Waals surface area contributed by atoms with Crippen LogP contribution in [0.5, 0.6) is 11.5 Å². The van der Waals surface area contributed by atoms with Gasteiger partial charge in [0.05, 0.1) is 22.6 Å². The molecule has 0 aliphatic carbocycles. The number of nitriles is 1. The number of hydrogen-bond donors (Lipinski definition) is 0. The van der Waals surface area contributed by atoms with E-state index in [2.05, 4.69) is 31.9 Å². The Bertz CT molecular complexity index is 726. The summed E-state index contributed by atoms with van der Waals surface area (Å²) in [5.41, 5.74) is 0.351. The van der Waals surface area contributed by atoms with Gasteiger partial charge in [-0.3, -0.25) is 10.1 Å². The lowest BCUT2D eigenvalue weighted by atomic mass is 10.2. The number of rotatable bonds is 3. The molecule has 0 fully saturated rings. The third-order valence-electron chi connectivity index (χ3n) is 2.30. The Labute approximate surface area is 131 Å². The van der Waals surface area contributed by atoms with Gasteiger partial charge in [-0.1, -0.05) is 31.9 Å². The first-order valence-corrected chi connectivity index (χ1v) is 6.90. The molecule has 2 rings (SSSR count). The summed E-state index contributed by atoms with van der Waals surface area (Å²) in [6.07, 6.45) is 0. The zero-order valence-corrected chi connectivity index (χ0v) is 13.0. The molecule has 0 aliphatic heterocycles. The fourth-order valence-electron chi connectivity index (χ4n) is 1.53. The lowest BCUT2D eigenvalue weighted by molar-refractivity contribution is -0.385. The van der Waals surface area contributed by atoms with E-state index in [0.717, 1.165) is 0 Å². The van der Waals surface area contributed by atoms with Crippen molar-refractivity contribution in [1.82, 2.24) is 0 Å². The van der Waals surface area contributed by atoms with Gasteiger partial charge in [0.1, 0.15) is 11.5 Å². The van der Waals surface area contributed by atoms with Crippen molar-refractivity contribution in [3.8, 4) is 17.6 Å². The molecule has 7 heteroatoms. The molecule has 0 aliphatic rings. The quantitative estimate of drug-likeness (QED) is 0.551. The molecule has 0 aromatic heterocycles. The standard InChI is InChI=1S/C13H6Br2N2O3/c14-9-1-8(7-16)2-12(4-9)20-13-5-10(15)3-11(6-13)17(18)19/h1-6H. The molecule has 0 N–H and O–H groups in total. The van der Waals surface area contributed by atoms with Crippen LogP contribution in [0.2, 0.25) is 0 Å². The Morgan fingerprint density at radius 1 is 1.05 bits per heavy atom. The minimum absolute atomic E-state index is 0.0788. The van der Waals surface area contributed by atoms with E-state index < -0.39 is 4.92 Å². The van der Waals surface area contributed by atoms with E-state index in [4.69, 9.17) is 10.00 Å². The molecule has 0 unspecified atom stereocenters. The third-order valence-corrected chi connectivity index (χ3v) is 3.22. The van der Waals surface area contributed by atoms with Crippen molar-refractivity contribution < 1.29 is 9.66 Å². The van der Waals surface area contributed by atoms with Gasteiger partial charge in [-0.05, 0) is 24.3 Å². The van der Waals surface area contributed by atoms with E-state index in [1.54, 1.807) is 24.3 Å². The zero-order chi connectivity index (χ0) is 14.7. The summed E-state index contributed by atoms with van der Waals surface area (Å²) in [4.78, 5) is 10.3. The average Bonchev–Trinajstić information content (AvgIpc) is 2.37. The van der Waals surface area contributed by atoms with Gasteiger partial charge in [-0.15, -0.1) is 0 Å². The second kappa shape index (κ2) is 6.03. The first-order chi connectivity index (χ1) is 9.47. The minimum atomic E-state index is -0.501. The summed E-state index contributed by atoms with van der Waals surface area (Å²) in [5, 5.41) is 19.7. The van der Waals surface area contributed by atoms with Crippen molar-refractivity contribution in [1.29, 1.82) is 5.26 Å². The molecule has 0 bridgehead atoms. The van der Waals surface area contributed by atoms with Gasteiger partial charge in [0.2, 0.25) is 0 Å². The number of benzene rings is 2. The van der Waals surface area contributed by atoms with Gasteiger partial charge in [0.25, 0.3) is 5.69 Å². The van der Waals surface area contributed by atoms with E-state index in [1.165, 1.54) is 12.1 Å². The Balaban J connectivity index is 2.37. The summed E-state index contributed by atoms with van der Waals surface area (Å²) >= 11 is 6.46. The van der Waals surface area contributed by atoms with Crippen LogP contribution in [0.4, 0.5) is 5.69 Å². The molecule has 0 radical (unpaired) electrons. The molecule has 0 amide bonds. The highest BCUT2D eigenvalue weighted by Gasteiger charge is 2.10. The number of ether oxygens (including phenoxy) is 1. The lowest BCUT2D eigenvalue weighted by Crippen LogP contribution is -1.91. The van der Waals surface area contributed by atoms with Crippen LogP contribution in [0.15, 0.2) is 45.3 Å². The lowest BCUT2D eigenvalue weighted by Gasteiger charge is -2.07. The normalized spacial score (nSPS) is 9.85. The van der Waals surface area contributed by atoms with Crippen LogP contribution < -0.4 is 4.74 Å². The zero-order valence-electron chi connectivity index (χ0n) is 9.84. The monoisotopic (exact) mass is 396 g/mol.